The van der Waals surface area contributed by atoms with E-state index in [2.05, 4.69) is 19.2 Å². The van der Waals surface area contributed by atoms with Crippen molar-refractivity contribution in [1.29, 1.82) is 0 Å². The van der Waals surface area contributed by atoms with Gasteiger partial charge in [0.05, 0.1) is 24.5 Å². The standard InChI is InChI=1S/C30H36N2O4S/c1-6-30(7-2)19-27(26-10-8-9-11-28(26)36-30)31-29(33)24-15-13-23(14-16-24)20-32(37(5,34)35)25-17-12-21(3)22(4)18-25/h8-18,27H,6-7,19-20H2,1-5H3,(H,31,33)/t27-/m0/s1. The van der Waals surface area contributed by atoms with Crippen LogP contribution >= 0.6 is 0 Å². The van der Waals surface area contributed by atoms with E-state index in [4.69, 9.17) is 4.74 Å². The third kappa shape index (κ3) is 5.82. The molecule has 7 heteroatoms. The highest BCUT2D eigenvalue weighted by Gasteiger charge is 2.39. The summed E-state index contributed by atoms with van der Waals surface area (Å²) in [5.74, 6) is 0.661. The SMILES string of the molecule is CCC1(CC)C[C@H](NC(=O)c2ccc(CN(c3ccc(C)c(C)c3)S(C)(=O)=O)cc2)c2ccccc2O1. The van der Waals surface area contributed by atoms with Crippen LogP contribution in [0.4, 0.5) is 5.69 Å². The van der Waals surface area contributed by atoms with Crippen LogP contribution in [-0.2, 0) is 16.6 Å². The van der Waals surface area contributed by atoms with E-state index >= 15 is 0 Å². The summed E-state index contributed by atoms with van der Waals surface area (Å²) in [6.07, 6.45) is 3.63. The normalized spacial score (nSPS) is 16.4. The number of nitrogens with zero attached hydrogens (tertiary/aromatic N) is 1. The molecule has 1 heterocycles. The molecule has 0 bridgehead atoms. The van der Waals surface area contributed by atoms with Crippen LogP contribution in [0, 0.1) is 13.8 Å². The molecular formula is C30H36N2O4S. The minimum atomic E-state index is -3.49. The van der Waals surface area contributed by atoms with Gasteiger partial charge >= 0.3 is 0 Å². The quantitative estimate of drug-likeness (QED) is 0.390. The molecule has 3 aromatic carbocycles. The van der Waals surface area contributed by atoms with Crippen LogP contribution in [0.25, 0.3) is 0 Å². The minimum Gasteiger partial charge on any atom is -0.487 e. The van der Waals surface area contributed by atoms with Crippen LogP contribution in [-0.4, -0.2) is 26.2 Å². The van der Waals surface area contributed by atoms with E-state index in [1.807, 2.05) is 68.4 Å². The molecule has 1 aliphatic rings. The van der Waals surface area contributed by atoms with Gasteiger partial charge in [-0.3, -0.25) is 9.10 Å². The zero-order chi connectivity index (χ0) is 26.8. The smallest absolute Gasteiger partial charge is 0.251 e. The maximum atomic E-state index is 13.2. The number of carbonyl (C=O) groups excluding carboxylic acids is 1. The Labute approximate surface area is 220 Å². The third-order valence-electron chi connectivity index (χ3n) is 7.51. The van der Waals surface area contributed by atoms with Gasteiger partial charge in [-0.05, 0) is 73.7 Å². The number of aryl methyl sites for hydroxylation is 2. The molecule has 0 saturated heterocycles. The van der Waals surface area contributed by atoms with E-state index in [1.54, 1.807) is 12.1 Å². The second-order valence-corrected chi connectivity index (χ2v) is 11.9. The van der Waals surface area contributed by atoms with Gasteiger partial charge in [-0.2, -0.15) is 0 Å². The van der Waals surface area contributed by atoms with Crippen LogP contribution in [0.1, 0.15) is 71.8 Å². The monoisotopic (exact) mass is 520 g/mol. The molecule has 4 rings (SSSR count). The van der Waals surface area contributed by atoms with Gasteiger partial charge in [-0.25, -0.2) is 8.42 Å². The Bertz CT molecular complexity index is 1380. The fourth-order valence-electron chi connectivity index (χ4n) is 4.88. The highest BCUT2D eigenvalue weighted by molar-refractivity contribution is 7.92. The summed E-state index contributed by atoms with van der Waals surface area (Å²) in [5, 5.41) is 3.21. The molecule has 1 N–H and O–H groups in total. The number of benzene rings is 3. The Morgan fingerprint density at radius 1 is 1.00 bits per heavy atom. The number of rotatable bonds is 8. The maximum absolute atomic E-state index is 13.2. The van der Waals surface area contributed by atoms with Crippen molar-refractivity contribution in [2.24, 2.45) is 0 Å². The lowest BCUT2D eigenvalue weighted by Crippen LogP contribution is -2.44. The van der Waals surface area contributed by atoms with Crippen molar-refractivity contribution in [3.8, 4) is 5.75 Å². The summed E-state index contributed by atoms with van der Waals surface area (Å²) in [5.41, 5.74) is 4.77. The van der Waals surface area contributed by atoms with Crippen LogP contribution in [0.5, 0.6) is 5.75 Å². The largest absolute Gasteiger partial charge is 0.487 e. The first-order valence-corrected chi connectivity index (χ1v) is 14.6. The van der Waals surface area contributed by atoms with Gasteiger partial charge in [0.2, 0.25) is 10.0 Å². The number of sulfonamides is 1. The number of carbonyl (C=O) groups is 1. The fraction of sp³-hybridized carbons (Fsp3) is 0.367. The van der Waals surface area contributed by atoms with Crippen molar-refractivity contribution in [2.75, 3.05) is 10.6 Å². The Morgan fingerprint density at radius 3 is 2.30 bits per heavy atom. The molecule has 1 atom stereocenters. The number of ether oxygens (including phenoxy) is 1. The molecule has 1 aliphatic heterocycles. The van der Waals surface area contributed by atoms with E-state index in [0.29, 0.717) is 17.7 Å². The molecule has 0 aromatic heterocycles. The zero-order valence-corrected chi connectivity index (χ0v) is 23.1. The van der Waals surface area contributed by atoms with Crippen LogP contribution in [0.15, 0.2) is 66.7 Å². The Balaban J connectivity index is 1.52. The number of hydrogen-bond acceptors (Lipinski definition) is 4. The summed E-state index contributed by atoms with van der Waals surface area (Å²) < 4.78 is 32.9. The minimum absolute atomic E-state index is 0.150. The Hall–Kier alpha value is -3.32. The number of fused-ring (bicyclic) bond motifs is 1. The first-order chi connectivity index (χ1) is 17.5. The molecule has 196 valence electrons. The van der Waals surface area contributed by atoms with Gasteiger partial charge in [0.25, 0.3) is 5.91 Å². The molecule has 0 fully saturated rings. The summed E-state index contributed by atoms with van der Waals surface area (Å²) in [7, 11) is -3.49. The highest BCUT2D eigenvalue weighted by atomic mass is 32.2. The van der Waals surface area contributed by atoms with Gasteiger partial charge in [0.1, 0.15) is 11.4 Å². The average Bonchev–Trinajstić information content (AvgIpc) is 2.88. The van der Waals surface area contributed by atoms with Crippen molar-refractivity contribution in [2.45, 2.75) is 65.1 Å². The van der Waals surface area contributed by atoms with Crippen molar-refractivity contribution >= 4 is 21.6 Å². The molecule has 0 spiro atoms. The lowest BCUT2D eigenvalue weighted by Gasteiger charge is -2.41. The van der Waals surface area contributed by atoms with Crippen molar-refractivity contribution in [3.63, 3.8) is 0 Å². The van der Waals surface area contributed by atoms with E-state index in [-0.39, 0.29) is 24.1 Å². The number of hydrogen-bond donors (Lipinski definition) is 1. The summed E-state index contributed by atoms with van der Waals surface area (Å²) in [6.45, 7) is 8.39. The summed E-state index contributed by atoms with van der Waals surface area (Å²) in [6, 6.07) is 20.5. The van der Waals surface area contributed by atoms with E-state index < -0.39 is 10.0 Å². The Kier molecular flexibility index (Phi) is 7.64. The summed E-state index contributed by atoms with van der Waals surface area (Å²) in [4.78, 5) is 13.2. The second-order valence-electron chi connectivity index (χ2n) is 10.00. The van der Waals surface area contributed by atoms with Gasteiger partial charge in [0.15, 0.2) is 0 Å². The van der Waals surface area contributed by atoms with E-state index in [1.165, 1.54) is 10.6 Å². The fourth-order valence-corrected chi connectivity index (χ4v) is 5.76. The topological polar surface area (TPSA) is 75.7 Å². The zero-order valence-electron chi connectivity index (χ0n) is 22.2. The lowest BCUT2D eigenvalue weighted by molar-refractivity contribution is 0.0227. The van der Waals surface area contributed by atoms with Crippen LogP contribution in [0.3, 0.4) is 0 Å². The molecule has 0 radical (unpaired) electrons. The van der Waals surface area contributed by atoms with Crippen molar-refractivity contribution in [3.05, 3.63) is 94.5 Å². The molecule has 3 aromatic rings. The number of para-hydroxylation sites is 1. The highest BCUT2D eigenvalue weighted by Crippen LogP contribution is 2.42. The Morgan fingerprint density at radius 2 is 1.68 bits per heavy atom. The second kappa shape index (κ2) is 10.6. The number of nitrogens with one attached hydrogen (secondary N) is 1. The molecule has 0 unspecified atom stereocenters. The predicted molar refractivity (Wildman–Crippen MR) is 149 cm³/mol. The van der Waals surface area contributed by atoms with Gasteiger partial charge in [0, 0.05) is 17.5 Å². The molecular weight excluding hydrogens is 484 g/mol. The maximum Gasteiger partial charge on any atom is 0.251 e. The molecule has 0 saturated carbocycles. The van der Waals surface area contributed by atoms with Gasteiger partial charge < -0.3 is 10.1 Å². The number of amides is 1. The molecule has 0 aliphatic carbocycles. The van der Waals surface area contributed by atoms with Crippen molar-refractivity contribution < 1.29 is 17.9 Å². The molecule has 6 nitrogen and oxygen atoms in total. The third-order valence-corrected chi connectivity index (χ3v) is 8.65. The van der Waals surface area contributed by atoms with Gasteiger partial charge in [-0.1, -0.05) is 50.2 Å². The van der Waals surface area contributed by atoms with Crippen LogP contribution < -0.4 is 14.4 Å². The predicted octanol–water partition coefficient (Wildman–Crippen LogP) is 6.08. The first-order valence-electron chi connectivity index (χ1n) is 12.8. The molecule has 37 heavy (non-hydrogen) atoms. The first kappa shape index (κ1) is 26.7. The van der Waals surface area contributed by atoms with Crippen LogP contribution in [0.2, 0.25) is 0 Å². The molecule has 1 amide bonds. The van der Waals surface area contributed by atoms with Crippen molar-refractivity contribution in [1.82, 2.24) is 5.32 Å². The van der Waals surface area contributed by atoms with E-state index in [9.17, 15) is 13.2 Å². The number of anilines is 1. The van der Waals surface area contributed by atoms with E-state index in [0.717, 1.165) is 40.8 Å². The van der Waals surface area contributed by atoms with Gasteiger partial charge in [-0.15, -0.1) is 0 Å². The average molecular weight is 521 g/mol. The lowest BCUT2D eigenvalue weighted by atomic mass is 9.83. The summed E-state index contributed by atoms with van der Waals surface area (Å²) >= 11 is 0.